The lowest BCUT2D eigenvalue weighted by atomic mass is 9.83. The van der Waals surface area contributed by atoms with Crippen molar-refractivity contribution in [2.45, 2.75) is 40.0 Å². The predicted octanol–water partition coefficient (Wildman–Crippen LogP) is 11.3. The molecule has 0 radical (unpaired) electrons. The van der Waals surface area contributed by atoms with Gasteiger partial charge in [0, 0.05) is 34.6 Å². The van der Waals surface area contributed by atoms with Crippen LogP contribution in [-0.2, 0) is 5.41 Å². The van der Waals surface area contributed by atoms with E-state index in [9.17, 15) is 5.11 Å². The highest BCUT2D eigenvalue weighted by atomic mass is 16.3. The van der Waals surface area contributed by atoms with Crippen LogP contribution in [0.4, 0.5) is 17.2 Å². The highest BCUT2D eigenvalue weighted by Crippen LogP contribution is 2.44. The molecule has 250 valence electrons. The number of phenolic OH excluding ortho intramolecular Hbond substituents is 1. The number of phenols is 1. The third kappa shape index (κ3) is 5.76. The number of aryl methyl sites for hydroxylation is 2. The summed E-state index contributed by atoms with van der Waals surface area (Å²) in [6, 6.07) is 38.2. The molecule has 0 amide bonds. The normalized spacial score (nSPS) is 11.7. The van der Waals surface area contributed by atoms with E-state index in [2.05, 4.69) is 67.9 Å². The molecule has 0 aliphatic carbocycles. The van der Waals surface area contributed by atoms with Crippen molar-refractivity contribution in [1.82, 2.24) is 19.9 Å². The largest absolute Gasteiger partial charge is 0.507 e. The van der Waals surface area contributed by atoms with E-state index in [1.165, 1.54) is 0 Å². The van der Waals surface area contributed by atoms with Crippen molar-refractivity contribution in [2.75, 3.05) is 4.90 Å². The van der Waals surface area contributed by atoms with Gasteiger partial charge in [-0.1, -0.05) is 81.4 Å². The molecule has 7 nitrogen and oxygen atoms in total. The molecule has 0 atom stereocenters. The summed E-state index contributed by atoms with van der Waals surface area (Å²) in [7, 11) is 0. The van der Waals surface area contributed by atoms with Gasteiger partial charge in [-0.15, -0.1) is 0 Å². The summed E-state index contributed by atoms with van der Waals surface area (Å²) < 4.78 is 6.51. The average Bonchev–Trinajstić information content (AvgIpc) is 3.52. The Morgan fingerprint density at radius 2 is 1.45 bits per heavy atom. The van der Waals surface area contributed by atoms with E-state index < -0.39 is 0 Å². The van der Waals surface area contributed by atoms with Crippen LogP contribution in [-0.4, -0.2) is 25.0 Å². The van der Waals surface area contributed by atoms with Crippen molar-refractivity contribution < 1.29 is 9.52 Å². The van der Waals surface area contributed by atoms with Gasteiger partial charge in [-0.25, -0.2) is 15.0 Å². The molecule has 51 heavy (non-hydrogen) atoms. The van der Waals surface area contributed by atoms with Gasteiger partial charge in [0.15, 0.2) is 11.4 Å². The average molecular weight is 668 g/mol. The van der Waals surface area contributed by atoms with Crippen molar-refractivity contribution in [2.24, 2.45) is 0 Å². The van der Waals surface area contributed by atoms with Crippen LogP contribution in [0, 0.1) is 13.8 Å². The summed E-state index contributed by atoms with van der Waals surface area (Å²) in [5, 5.41) is 12.8. The molecule has 8 rings (SSSR count). The molecule has 0 fully saturated rings. The summed E-state index contributed by atoms with van der Waals surface area (Å²) in [4.78, 5) is 21.9. The Balaban J connectivity index is 1.39. The van der Waals surface area contributed by atoms with Gasteiger partial charge in [0.25, 0.3) is 0 Å². The van der Waals surface area contributed by atoms with Gasteiger partial charge in [-0.3, -0.25) is 9.88 Å². The van der Waals surface area contributed by atoms with E-state index in [1.807, 2.05) is 98.0 Å². The van der Waals surface area contributed by atoms with Gasteiger partial charge in [0.2, 0.25) is 0 Å². The summed E-state index contributed by atoms with van der Waals surface area (Å²) in [6.07, 6.45) is 3.62. The van der Waals surface area contributed by atoms with Crippen LogP contribution in [0.5, 0.6) is 5.75 Å². The molecule has 4 heterocycles. The number of aromatic hydroxyl groups is 1. The minimum Gasteiger partial charge on any atom is -0.507 e. The maximum atomic E-state index is 11.9. The number of anilines is 3. The third-order valence-electron chi connectivity index (χ3n) is 9.27. The summed E-state index contributed by atoms with van der Waals surface area (Å²) in [5.74, 6) is 1.34. The number of para-hydroxylation sites is 1. The first-order valence-electron chi connectivity index (χ1n) is 17.0. The van der Waals surface area contributed by atoms with Crippen LogP contribution >= 0.6 is 0 Å². The molecule has 0 bridgehead atoms. The molecule has 0 aliphatic rings. The Hall–Kier alpha value is -6.34. The number of fused-ring (bicyclic) bond motifs is 3. The molecule has 7 heteroatoms. The van der Waals surface area contributed by atoms with Crippen molar-refractivity contribution in [3.63, 3.8) is 0 Å². The number of furan rings is 1. The Morgan fingerprint density at radius 1 is 0.686 bits per heavy atom. The quantitative estimate of drug-likeness (QED) is 0.189. The van der Waals surface area contributed by atoms with Gasteiger partial charge in [0.05, 0.1) is 16.9 Å². The monoisotopic (exact) mass is 667 g/mol. The second-order valence-corrected chi connectivity index (χ2v) is 13.8. The first-order chi connectivity index (χ1) is 24.7. The van der Waals surface area contributed by atoms with Gasteiger partial charge in [0.1, 0.15) is 28.4 Å². The summed E-state index contributed by atoms with van der Waals surface area (Å²) in [6.45, 7) is 10.4. The number of nitrogens with zero attached hydrogens (tertiary/aromatic N) is 5. The van der Waals surface area contributed by atoms with E-state index in [0.717, 1.165) is 56.1 Å². The zero-order chi connectivity index (χ0) is 35.3. The Morgan fingerprint density at radius 3 is 2.22 bits per heavy atom. The molecule has 0 aliphatic heterocycles. The molecular formula is C44H37N5O2. The molecule has 8 aromatic rings. The first-order valence-corrected chi connectivity index (χ1v) is 17.0. The first kappa shape index (κ1) is 31.9. The smallest absolute Gasteiger partial charge is 0.180 e. The second-order valence-electron chi connectivity index (χ2n) is 13.8. The molecule has 0 saturated heterocycles. The number of hydrogen-bond donors (Lipinski definition) is 1. The molecular weight excluding hydrogens is 631 g/mol. The number of pyridine rings is 2. The fourth-order valence-electron chi connectivity index (χ4n) is 6.76. The van der Waals surface area contributed by atoms with E-state index in [1.54, 1.807) is 6.20 Å². The van der Waals surface area contributed by atoms with Crippen molar-refractivity contribution >= 4 is 39.3 Å². The number of aromatic nitrogens is 4. The molecule has 1 N–H and O–H groups in total. The van der Waals surface area contributed by atoms with E-state index in [0.29, 0.717) is 33.8 Å². The lowest BCUT2D eigenvalue weighted by Crippen LogP contribution is -2.14. The third-order valence-corrected chi connectivity index (χ3v) is 9.27. The van der Waals surface area contributed by atoms with Gasteiger partial charge in [-0.2, -0.15) is 0 Å². The molecule has 4 aromatic carbocycles. The highest BCUT2D eigenvalue weighted by Gasteiger charge is 2.26. The maximum absolute atomic E-state index is 11.9. The lowest BCUT2D eigenvalue weighted by molar-refractivity contribution is 0.448. The van der Waals surface area contributed by atoms with E-state index >= 15 is 0 Å². The highest BCUT2D eigenvalue weighted by molar-refractivity contribution is 6.07. The minimum absolute atomic E-state index is 0.165. The van der Waals surface area contributed by atoms with E-state index in [4.69, 9.17) is 19.4 Å². The minimum atomic E-state index is -0.343. The van der Waals surface area contributed by atoms with Gasteiger partial charge < -0.3 is 9.52 Å². The zero-order valence-electron chi connectivity index (χ0n) is 29.2. The Kier molecular flexibility index (Phi) is 7.83. The van der Waals surface area contributed by atoms with Crippen molar-refractivity contribution in [1.29, 1.82) is 0 Å². The lowest BCUT2D eigenvalue weighted by Gasteiger charge is -2.27. The molecule has 0 saturated carbocycles. The summed E-state index contributed by atoms with van der Waals surface area (Å²) >= 11 is 0. The summed E-state index contributed by atoms with van der Waals surface area (Å²) in [5.41, 5.74) is 10.3. The zero-order valence-corrected chi connectivity index (χ0v) is 29.2. The van der Waals surface area contributed by atoms with Crippen LogP contribution in [0.3, 0.4) is 0 Å². The number of hydrogen-bond acceptors (Lipinski definition) is 7. The van der Waals surface area contributed by atoms with Crippen LogP contribution < -0.4 is 4.90 Å². The van der Waals surface area contributed by atoms with Crippen LogP contribution in [0.2, 0.25) is 0 Å². The van der Waals surface area contributed by atoms with Crippen LogP contribution in [0.1, 0.15) is 37.6 Å². The standard InChI is InChI=1S/C44H37N5O2/c1-27-21-23-45-28(2)40(27)49(37-20-11-12-22-46-37)32-17-13-16-30(24-32)38-42-39(33-18-9-10-19-36(33)51-42)48-43(47-38)34-25-31(29-14-7-6-8-15-29)26-35(41(34)50)44(3,4)5/h6-26,50H,1-5H3. The van der Waals surface area contributed by atoms with Crippen molar-refractivity contribution in [3.05, 3.63) is 144 Å². The van der Waals surface area contributed by atoms with Gasteiger partial charge in [-0.05, 0) is 90.6 Å². The predicted molar refractivity (Wildman–Crippen MR) is 206 cm³/mol. The fraction of sp³-hybridized carbons (Fsp3) is 0.136. The SMILES string of the molecule is Cc1ccnc(C)c1N(c1cccc(-c2nc(-c3cc(-c4ccccc4)cc(C(C)(C)C)c3O)nc3c2oc2ccccc23)c1)c1ccccn1. The van der Waals surface area contributed by atoms with Gasteiger partial charge >= 0.3 is 0 Å². The number of benzene rings is 4. The van der Waals surface area contributed by atoms with Crippen molar-refractivity contribution in [3.8, 4) is 39.5 Å². The van der Waals surface area contributed by atoms with Crippen LogP contribution in [0.25, 0.3) is 55.8 Å². The maximum Gasteiger partial charge on any atom is 0.180 e. The topological polar surface area (TPSA) is 88.2 Å². The Bertz CT molecular complexity index is 2530. The van der Waals surface area contributed by atoms with Crippen LogP contribution in [0.15, 0.2) is 132 Å². The molecule has 0 spiro atoms. The number of rotatable bonds is 6. The van der Waals surface area contributed by atoms with E-state index in [-0.39, 0.29) is 11.2 Å². The Labute approximate surface area is 296 Å². The fourth-order valence-corrected chi connectivity index (χ4v) is 6.76. The second kappa shape index (κ2) is 12.5. The molecule has 0 unspecified atom stereocenters. The molecule has 4 aromatic heterocycles.